The zero-order valence-electron chi connectivity index (χ0n) is 14.5. The summed E-state index contributed by atoms with van der Waals surface area (Å²) in [5.41, 5.74) is 4.57. The van der Waals surface area contributed by atoms with Gasteiger partial charge in [0.25, 0.3) is 0 Å². The first-order valence-corrected chi connectivity index (χ1v) is 9.22. The van der Waals surface area contributed by atoms with Crippen molar-refractivity contribution in [3.63, 3.8) is 0 Å². The van der Waals surface area contributed by atoms with Crippen LogP contribution in [0.2, 0.25) is 0 Å². The smallest absolute Gasteiger partial charge is 0.139 e. The van der Waals surface area contributed by atoms with Crippen molar-refractivity contribution >= 4 is 21.9 Å². The van der Waals surface area contributed by atoms with Crippen LogP contribution in [0.1, 0.15) is 43.7 Å². The Labute approximate surface area is 151 Å². The van der Waals surface area contributed by atoms with Crippen LogP contribution in [0.25, 0.3) is 27.6 Å². The van der Waals surface area contributed by atoms with Gasteiger partial charge in [0.15, 0.2) is 0 Å². The van der Waals surface area contributed by atoms with Crippen molar-refractivity contribution in [3.8, 4) is 11.8 Å². The maximum absolute atomic E-state index is 8.74. The lowest BCUT2D eigenvalue weighted by Gasteiger charge is -2.26. The van der Waals surface area contributed by atoms with Crippen molar-refractivity contribution in [1.82, 2.24) is 24.3 Å². The van der Waals surface area contributed by atoms with Crippen molar-refractivity contribution in [2.75, 3.05) is 0 Å². The molecule has 0 saturated heterocycles. The molecular weight excluding hydrogens is 324 g/mol. The lowest BCUT2D eigenvalue weighted by Crippen LogP contribution is -2.13. The minimum Gasteiger partial charge on any atom is -0.346 e. The monoisotopic (exact) mass is 344 g/mol. The van der Waals surface area contributed by atoms with Crippen LogP contribution in [0, 0.1) is 11.3 Å². The Bertz CT molecular complexity index is 1120. The van der Waals surface area contributed by atoms with Crippen molar-refractivity contribution in [2.45, 2.75) is 44.6 Å². The van der Waals surface area contributed by atoms with E-state index >= 15 is 0 Å². The van der Waals surface area contributed by atoms with E-state index in [1.807, 2.05) is 23.3 Å². The molecule has 26 heavy (non-hydrogen) atoms. The molecule has 5 rings (SSSR count). The number of unbranched alkanes of at least 4 members (excludes halogenated alkanes) is 1. The standard InChI is InChI=1S/C20H20N6/c21-7-1-2-9-25-13-16(12-24-25)26-18(14-4-3-5-14)10-15-11-23-20-17(19(15)26)6-8-22-20/h6,8,10-14H,1-5,9H2,(H,22,23). The Hall–Kier alpha value is -3.07. The Morgan fingerprint density at radius 2 is 2.23 bits per heavy atom. The van der Waals surface area contributed by atoms with Gasteiger partial charge in [-0.2, -0.15) is 10.4 Å². The summed E-state index contributed by atoms with van der Waals surface area (Å²) in [5, 5.41) is 15.6. The minimum atomic E-state index is 0.560. The lowest BCUT2D eigenvalue weighted by molar-refractivity contribution is 0.408. The highest BCUT2D eigenvalue weighted by Crippen LogP contribution is 2.41. The summed E-state index contributed by atoms with van der Waals surface area (Å²) in [7, 11) is 0. The highest BCUT2D eigenvalue weighted by atomic mass is 15.3. The average Bonchev–Trinajstić information content (AvgIpc) is 3.29. The molecule has 4 heterocycles. The molecule has 0 spiro atoms. The molecule has 0 radical (unpaired) electrons. The zero-order chi connectivity index (χ0) is 17.5. The summed E-state index contributed by atoms with van der Waals surface area (Å²) < 4.78 is 4.31. The molecule has 0 bridgehead atoms. The number of hydrogen-bond acceptors (Lipinski definition) is 3. The number of fused-ring (bicyclic) bond motifs is 3. The largest absolute Gasteiger partial charge is 0.346 e. The third-order valence-corrected chi connectivity index (χ3v) is 5.45. The maximum atomic E-state index is 8.74. The zero-order valence-corrected chi connectivity index (χ0v) is 14.5. The van der Waals surface area contributed by atoms with Gasteiger partial charge in [-0.15, -0.1) is 0 Å². The number of aromatic amines is 1. The van der Waals surface area contributed by atoms with Crippen LogP contribution in [0.15, 0.2) is 36.9 Å². The van der Waals surface area contributed by atoms with Crippen LogP contribution >= 0.6 is 0 Å². The fourth-order valence-corrected chi connectivity index (χ4v) is 3.91. The average molecular weight is 344 g/mol. The number of aryl methyl sites for hydroxylation is 1. The number of nitrogens with zero attached hydrogens (tertiary/aromatic N) is 5. The lowest BCUT2D eigenvalue weighted by atomic mass is 9.83. The molecule has 0 aromatic carbocycles. The molecule has 0 amide bonds. The molecule has 6 heteroatoms. The molecule has 0 atom stereocenters. The van der Waals surface area contributed by atoms with E-state index in [0.717, 1.165) is 29.7 Å². The van der Waals surface area contributed by atoms with E-state index < -0.39 is 0 Å². The summed E-state index contributed by atoms with van der Waals surface area (Å²) in [6.45, 7) is 0.770. The number of H-pyrrole nitrogens is 1. The molecule has 4 aromatic heterocycles. The summed E-state index contributed by atoms with van der Waals surface area (Å²) in [6, 6.07) is 6.59. The Balaban J connectivity index is 1.67. The van der Waals surface area contributed by atoms with Gasteiger partial charge in [-0.1, -0.05) is 6.42 Å². The number of nitriles is 1. The van der Waals surface area contributed by atoms with Gasteiger partial charge in [-0.05, 0) is 37.3 Å². The van der Waals surface area contributed by atoms with Crippen LogP contribution in [-0.2, 0) is 6.54 Å². The van der Waals surface area contributed by atoms with Crippen LogP contribution < -0.4 is 0 Å². The molecule has 0 unspecified atom stereocenters. The molecule has 1 aliphatic rings. The Kier molecular flexibility index (Phi) is 3.52. The molecule has 1 aliphatic carbocycles. The van der Waals surface area contributed by atoms with Gasteiger partial charge in [0.1, 0.15) is 5.65 Å². The number of nitrogens with one attached hydrogen (secondary N) is 1. The van der Waals surface area contributed by atoms with Gasteiger partial charge >= 0.3 is 0 Å². The summed E-state index contributed by atoms with van der Waals surface area (Å²) in [4.78, 5) is 7.78. The molecule has 1 saturated carbocycles. The predicted octanol–water partition coefficient (Wildman–Crippen LogP) is 4.27. The summed E-state index contributed by atoms with van der Waals surface area (Å²) in [6.07, 6.45) is 13.1. The fourth-order valence-electron chi connectivity index (χ4n) is 3.91. The van der Waals surface area contributed by atoms with Gasteiger partial charge < -0.3 is 9.55 Å². The number of hydrogen-bond donors (Lipinski definition) is 1. The van der Waals surface area contributed by atoms with E-state index in [-0.39, 0.29) is 0 Å². The van der Waals surface area contributed by atoms with E-state index in [4.69, 9.17) is 5.26 Å². The van der Waals surface area contributed by atoms with Gasteiger partial charge in [0.05, 0.1) is 23.5 Å². The second-order valence-corrected chi connectivity index (χ2v) is 7.06. The molecular formula is C20H20N6. The third-order valence-electron chi connectivity index (χ3n) is 5.45. The van der Waals surface area contributed by atoms with Crippen LogP contribution in [0.4, 0.5) is 0 Å². The molecule has 4 aromatic rings. The van der Waals surface area contributed by atoms with E-state index in [1.54, 1.807) is 0 Å². The fraction of sp³-hybridized carbons (Fsp3) is 0.350. The second-order valence-electron chi connectivity index (χ2n) is 7.06. The Morgan fingerprint density at radius 1 is 1.31 bits per heavy atom. The number of rotatable bonds is 5. The first kappa shape index (κ1) is 15.2. The van der Waals surface area contributed by atoms with Crippen molar-refractivity contribution in [2.24, 2.45) is 0 Å². The van der Waals surface area contributed by atoms with Gasteiger partial charge in [-0.25, -0.2) is 4.98 Å². The molecule has 1 N–H and O–H groups in total. The molecule has 6 nitrogen and oxygen atoms in total. The normalized spacial score (nSPS) is 14.7. The van der Waals surface area contributed by atoms with E-state index in [0.29, 0.717) is 12.3 Å². The summed E-state index contributed by atoms with van der Waals surface area (Å²) >= 11 is 0. The predicted molar refractivity (Wildman–Crippen MR) is 100 cm³/mol. The molecule has 1 fully saturated rings. The van der Waals surface area contributed by atoms with E-state index in [9.17, 15) is 0 Å². The van der Waals surface area contributed by atoms with Crippen molar-refractivity contribution in [1.29, 1.82) is 5.26 Å². The second kappa shape index (κ2) is 6.03. The molecule has 130 valence electrons. The van der Waals surface area contributed by atoms with E-state index in [2.05, 4.69) is 44.0 Å². The SMILES string of the molecule is N#CCCCn1cc(-n2c(C3CCC3)cc3cnc4[nH]ccc4c32)cn1. The van der Waals surface area contributed by atoms with E-state index in [1.165, 1.54) is 35.9 Å². The first-order valence-electron chi connectivity index (χ1n) is 9.22. The third kappa shape index (κ3) is 2.31. The van der Waals surface area contributed by atoms with Gasteiger partial charge in [0, 0.05) is 48.0 Å². The first-order chi connectivity index (χ1) is 12.8. The van der Waals surface area contributed by atoms with Crippen LogP contribution in [0.5, 0.6) is 0 Å². The maximum Gasteiger partial charge on any atom is 0.139 e. The highest BCUT2D eigenvalue weighted by molar-refractivity contribution is 6.04. The number of pyridine rings is 1. The highest BCUT2D eigenvalue weighted by Gasteiger charge is 2.26. The van der Waals surface area contributed by atoms with Crippen LogP contribution in [0.3, 0.4) is 0 Å². The topological polar surface area (TPSA) is 75.2 Å². The van der Waals surface area contributed by atoms with Crippen molar-refractivity contribution < 1.29 is 0 Å². The quantitative estimate of drug-likeness (QED) is 0.549. The summed E-state index contributed by atoms with van der Waals surface area (Å²) in [5.74, 6) is 0.610. The van der Waals surface area contributed by atoms with Gasteiger partial charge in [0.2, 0.25) is 0 Å². The number of aromatic nitrogens is 5. The Morgan fingerprint density at radius 3 is 3.04 bits per heavy atom. The molecule has 0 aliphatic heterocycles. The minimum absolute atomic E-state index is 0.560. The van der Waals surface area contributed by atoms with Crippen molar-refractivity contribution in [3.05, 3.63) is 42.6 Å². The van der Waals surface area contributed by atoms with Gasteiger partial charge in [-0.3, -0.25) is 4.68 Å². The van der Waals surface area contributed by atoms with Crippen LogP contribution in [-0.4, -0.2) is 24.3 Å².